The van der Waals surface area contributed by atoms with E-state index in [0.717, 1.165) is 30.4 Å². The van der Waals surface area contributed by atoms with Crippen LogP contribution in [0, 0.1) is 0 Å². The molecule has 2 aliphatic carbocycles. The molecule has 1 aromatic carbocycles. The molecular weight excluding hydrogens is 270 g/mol. The second-order valence-corrected chi connectivity index (χ2v) is 5.87. The topological polar surface area (TPSA) is 82.7 Å². The molecule has 1 heterocycles. The average molecular weight is 285 g/mol. The van der Waals surface area contributed by atoms with Gasteiger partial charge in [-0.3, -0.25) is 4.57 Å². The summed E-state index contributed by atoms with van der Waals surface area (Å²) in [6.45, 7) is 0. The van der Waals surface area contributed by atoms with Crippen molar-refractivity contribution < 1.29 is 20.1 Å². The Labute approximate surface area is 121 Å². The number of nitrogens with zero attached hydrogens (tertiary/aromatic N) is 1. The number of carboxylic acid groups (broad SMARTS) is 1. The Morgan fingerprint density at radius 3 is 2.00 bits per heavy atom. The van der Waals surface area contributed by atoms with E-state index in [1.165, 1.54) is 16.7 Å². The Bertz CT molecular complexity index is 711. The van der Waals surface area contributed by atoms with Gasteiger partial charge in [-0.05, 0) is 55.4 Å². The Kier molecular flexibility index (Phi) is 2.37. The van der Waals surface area contributed by atoms with Crippen LogP contribution in [0.2, 0.25) is 0 Å². The third-order valence-electron chi connectivity index (χ3n) is 4.82. The fraction of sp³-hybridized carbons (Fsp3) is 0.312. The summed E-state index contributed by atoms with van der Waals surface area (Å²) in [5.41, 5.74) is 2.51. The van der Waals surface area contributed by atoms with E-state index < -0.39 is 5.97 Å². The molecule has 5 heteroatoms. The highest BCUT2D eigenvalue weighted by molar-refractivity contribution is 5.87. The number of benzene rings is 1. The third-order valence-corrected chi connectivity index (χ3v) is 4.82. The number of aromatic nitrogens is 1. The highest BCUT2D eigenvalue weighted by Gasteiger charge is 2.44. The first-order chi connectivity index (χ1) is 10.1. The van der Waals surface area contributed by atoms with Gasteiger partial charge in [0, 0.05) is 11.1 Å². The van der Waals surface area contributed by atoms with Crippen molar-refractivity contribution >= 4 is 5.97 Å². The highest BCUT2D eigenvalue weighted by atomic mass is 16.4. The number of rotatable bonds is 2. The number of fused-ring (bicyclic) bond motifs is 5. The van der Waals surface area contributed by atoms with Crippen LogP contribution < -0.4 is 0 Å². The summed E-state index contributed by atoms with van der Waals surface area (Å²) in [7, 11) is 0. The van der Waals surface area contributed by atoms with Gasteiger partial charge in [-0.25, -0.2) is 4.79 Å². The van der Waals surface area contributed by atoms with Gasteiger partial charge < -0.3 is 15.3 Å². The van der Waals surface area contributed by atoms with Crippen LogP contribution in [0.3, 0.4) is 0 Å². The van der Waals surface area contributed by atoms with Crippen LogP contribution in [0.5, 0.6) is 11.8 Å². The van der Waals surface area contributed by atoms with Gasteiger partial charge in [0.15, 0.2) is 0 Å². The van der Waals surface area contributed by atoms with Crippen LogP contribution in [0.15, 0.2) is 24.3 Å². The van der Waals surface area contributed by atoms with Gasteiger partial charge in [0.05, 0.1) is 11.3 Å². The molecule has 0 spiro atoms. The summed E-state index contributed by atoms with van der Waals surface area (Å²) >= 11 is 0. The number of carbonyl (C=O) groups is 1. The minimum atomic E-state index is -0.997. The number of aromatic hydroxyl groups is 2. The lowest BCUT2D eigenvalue weighted by atomic mass is 9.95. The molecule has 4 rings (SSSR count). The second-order valence-electron chi connectivity index (χ2n) is 5.87. The first-order valence-corrected chi connectivity index (χ1v) is 7.08. The van der Waals surface area contributed by atoms with Gasteiger partial charge in [0.2, 0.25) is 11.8 Å². The lowest BCUT2D eigenvalue weighted by Gasteiger charge is -2.09. The molecule has 108 valence electrons. The molecule has 5 nitrogen and oxygen atoms in total. The van der Waals surface area contributed by atoms with Gasteiger partial charge in [-0.2, -0.15) is 0 Å². The third kappa shape index (κ3) is 1.54. The predicted octanol–water partition coefficient (Wildman–Crippen LogP) is 2.95. The molecule has 2 bridgehead atoms. The lowest BCUT2D eigenvalue weighted by Crippen LogP contribution is -1.99. The Morgan fingerprint density at radius 2 is 1.52 bits per heavy atom. The lowest BCUT2D eigenvalue weighted by molar-refractivity contribution is 0.0697. The Morgan fingerprint density at radius 1 is 1.00 bits per heavy atom. The molecule has 2 aliphatic rings. The molecule has 21 heavy (non-hydrogen) atoms. The van der Waals surface area contributed by atoms with Crippen LogP contribution in [0.4, 0.5) is 0 Å². The zero-order valence-electron chi connectivity index (χ0n) is 11.3. The van der Waals surface area contributed by atoms with E-state index in [-0.39, 0.29) is 17.3 Å². The van der Waals surface area contributed by atoms with Crippen molar-refractivity contribution in [1.82, 2.24) is 4.57 Å². The predicted molar refractivity (Wildman–Crippen MR) is 75.4 cm³/mol. The smallest absolute Gasteiger partial charge is 0.335 e. The van der Waals surface area contributed by atoms with Crippen LogP contribution in [-0.2, 0) is 0 Å². The minimum absolute atomic E-state index is 0.0952. The normalized spacial score (nSPS) is 22.5. The maximum atomic E-state index is 10.9. The van der Waals surface area contributed by atoms with E-state index in [1.54, 1.807) is 12.1 Å². The van der Waals surface area contributed by atoms with Crippen LogP contribution in [0.1, 0.15) is 52.6 Å². The molecule has 0 aliphatic heterocycles. The average Bonchev–Trinajstić information content (AvgIpc) is 3.13. The summed E-state index contributed by atoms with van der Waals surface area (Å²) in [6.07, 6.45) is 3.14. The summed E-state index contributed by atoms with van der Waals surface area (Å²) in [6, 6.07) is 6.13. The quantitative estimate of drug-likeness (QED) is 0.792. The maximum absolute atomic E-state index is 10.9. The summed E-state index contributed by atoms with van der Waals surface area (Å²) in [4.78, 5) is 10.9. The van der Waals surface area contributed by atoms with E-state index in [9.17, 15) is 15.0 Å². The number of hydrogen-bond donors (Lipinski definition) is 3. The molecule has 0 radical (unpaired) electrons. The van der Waals surface area contributed by atoms with Crippen LogP contribution in [0.25, 0.3) is 5.69 Å². The summed E-state index contributed by atoms with van der Waals surface area (Å²) < 4.78 is 1.42. The van der Waals surface area contributed by atoms with Gasteiger partial charge in [-0.1, -0.05) is 0 Å². The van der Waals surface area contributed by atoms with Crippen LogP contribution >= 0.6 is 0 Å². The van der Waals surface area contributed by atoms with E-state index in [1.807, 2.05) is 0 Å². The van der Waals surface area contributed by atoms with Crippen molar-refractivity contribution in [3.05, 3.63) is 41.0 Å². The first-order valence-electron chi connectivity index (χ1n) is 7.08. The van der Waals surface area contributed by atoms with Gasteiger partial charge >= 0.3 is 5.97 Å². The van der Waals surface area contributed by atoms with Gasteiger partial charge in [-0.15, -0.1) is 0 Å². The second kappa shape index (κ2) is 4.04. The van der Waals surface area contributed by atoms with E-state index in [0.29, 0.717) is 17.5 Å². The molecule has 1 saturated carbocycles. The fourth-order valence-electron chi connectivity index (χ4n) is 3.89. The number of hydrogen-bond acceptors (Lipinski definition) is 3. The summed E-state index contributed by atoms with van der Waals surface area (Å²) in [5, 5.41) is 29.9. The summed E-state index contributed by atoms with van der Waals surface area (Å²) in [5.74, 6) is -0.121. The SMILES string of the molecule is O=C(O)c1ccc(-n2c(O)c3c(c2O)C2CCC3C2)cc1. The van der Waals surface area contributed by atoms with Crippen molar-refractivity contribution in [2.75, 3.05) is 0 Å². The zero-order chi connectivity index (χ0) is 14.7. The van der Waals surface area contributed by atoms with E-state index in [4.69, 9.17) is 5.11 Å². The Hall–Kier alpha value is -2.43. The van der Waals surface area contributed by atoms with Crippen molar-refractivity contribution in [3.63, 3.8) is 0 Å². The van der Waals surface area contributed by atoms with Crippen molar-refractivity contribution in [3.8, 4) is 17.4 Å². The van der Waals surface area contributed by atoms with Gasteiger partial charge in [0.25, 0.3) is 0 Å². The highest BCUT2D eigenvalue weighted by Crippen LogP contribution is 2.60. The number of carboxylic acids is 1. The largest absolute Gasteiger partial charge is 0.494 e. The fourth-order valence-corrected chi connectivity index (χ4v) is 3.89. The number of aromatic carboxylic acids is 1. The molecule has 2 aromatic rings. The standard InChI is InChI=1S/C16H15NO4/c18-14-12-9-1-2-10(7-9)13(12)15(19)17(14)11-5-3-8(4-6-11)16(20)21/h3-6,9-10,18-19H,1-2,7H2,(H,20,21). The van der Waals surface area contributed by atoms with Gasteiger partial charge in [0.1, 0.15) is 0 Å². The Balaban J connectivity index is 1.85. The molecule has 1 aromatic heterocycles. The van der Waals surface area contributed by atoms with Crippen molar-refractivity contribution in [2.24, 2.45) is 0 Å². The molecule has 3 N–H and O–H groups in total. The molecular formula is C16H15NO4. The molecule has 2 atom stereocenters. The van der Waals surface area contributed by atoms with Crippen LogP contribution in [-0.4, -0.2) is 25.9 Å². The van der Waals surface area contributed by atoms with Crippen molar-refractivity contribution in [1.29, 1.82) is 0 Å². The molecule has 2 unspecified atom stereocenters. The molecule has 1 fully saturated rings. The van der Waals surface area contributed by atoms with Crippen molar-refractivity contribution in [2.45, 2.75) is 31.1 Å². The van der Waals surface area contributed by atoms with E-state index in [2.05, 4.69) is 0 Å². The van der Waals surface area contributed by atoms with E-state index >= 15 is 0 Å². The zero-order valence-corrected chi connectivity index (χ0v) is 11.3. The first kappa shape index (κ1) is 12.3. The maximum Gasteiger partial charge on any atom is 0.335 e. The minimum Gasteiger partial charge on any atom is -0.494 e. The molecule has 0 saturated heterocycles. The monoisotopic (exact) mass is 285 g/mol. The molecule has 0 amide bonds.